The predicted octanol–water partition coefficient (Wildman–Crippen LogP) is 0.453. The van der Waals surface area contributed by atoms with E-state index >= 15 is 0 Å². The minimum Gasteiger partial charge on any atom is -0.447 e. The second-order valence-corrected chi connectivity index (χ2v) is 6.70. The number of furan rings is 1. The Morgan fingerprint density at radius 2 is 2.16 bits per heavy atom. The fourth-order valence-electron chi connectivity index (χ4n) is 2.31. The summed E-state index contributed by atoms with van der Waals surface area (Å²) in [6.45, 7) is 4.01. The third-order valence-corrected chi connectivity index (χ3v) is 5.38. The maximum atomic E-state index is 12.5. The third kappa shape index (κ3) is 2.84. The molecular formula is C12H21N3O3S. The summed E-state index contributed by atoms with van der Waals surface area (Å²) in [4.78, 5) is 2.19. The Labute approximate surface area is 114 Å². The number of likely N-dealkylation sites (N-methyl/N-ethyl adjacent to an activating group) is 1. The predicted molar refractivity (Wildman–Crippen MR) is 72.1 cm³/mol. The number of piperazine rings is 1. The molecule has 0 amide bonds. The van der Waals surface area contributed by atoms with Crippen molar-refractivity contribution in [3.8, 4) is 0 Å². The van der Waals surface area contributed by atoms with Crippen molar-refractivity contribution < 1.29 is 12.8 Å². The van der Waals surface area contributed by atoms with Gasteiger partial charge in [-0.25, -0.2) is 8.42 Å². The van der Waals surface area contributed by atoms with Gasteiger partial charge in [0.2, 0.25) is 5.09 Å². The molecule has 1 aromatic heterocycles. The van der Waals surface area contributed by atoms with Crippen molar-refractivity contribution in [3.05, 3.63) is 17.9 Å². The lowest BCUT2D eigenvalue weighted by Gasteiger charge is -2.37. The van der Waals surface area contributed by atoms with E-state index in [0.29, 0.717) is 18.8 Å². The first-order valence-electron chi connectivity index (χ1n) is 6.48. The second-order valence-electron chi connectivity index (χ2n) is 4.83. The van der Waals surface area contributed by atoms with Gasteiger partial charge < -0.3 is 15.1 Å². The Hall–Kier alpha value is -0.890. The van der Waals surface area contributed by atoms with Gasteiger partial charge in [0.05, 0.1) is 6.54 Å². The summed E-state index contributed by atoms with van der Waals surface area (Å²) in [6.07, 6.45) is 0.925. The van der Waals surface area contributed by atoms with Crippen LogP contribution >= 0.6 is 0 Å². The van der Waals surface area contributed by atoms with E-state index in [9.17, 15) is 8.42 Å². The van der Waals surface area contributed by atoms with Crippen molar-refractivity contribution in [2.75, 3.05) is 26.7 Å². The minimum atomic E-state index is -3.53. The first-order chi connectivity index (χ1) is 8.98. The van der Waals surface area contributed by atoms with Crippen LogP contribution in [0.4, 0.5) is 0 Å². The number of rotatable bonds is 4. The number of hydrogen-bond acceptors (Lipinski definition) is 5. The fourth-order valence-corrected chi connectivity index (χ4v) is 3.71. The summed E-state index contributed by atoms with van der Waals surface area (Å²) in [7, 11) is -1.51. The van der Waals surface area contributed by atoms with E-state index in [1.165, 1.54) is 10.4 Å². The van der Waals surface area contributed by atoms with Crippen molar-refractivity contribution >= 4 is 10.0 Å². The van der Waals surface area contributed by atoms with Crippen molar-refractivity contribution in [3.63, 3.8) is 0 Å². The van der Waals surface area contributed by atoms with E-state index in [0.717, 1.165) is 13.0 Å². The monoisotopic (exact) mass is 287 g/mol. The SMILES string of the molecule is CCC1CN(S(=O)(=O)c2ccc(CN)o2)CCN1C. The van der Waals surface area contributed by atoms with E-state index in [-0.39, 0.29) is 17.7 Å². The maximum Gasteiger partial charge on any atom is 0.276 e. The highest BCUT2D eigenvalue weighted by atomic mass is 32.2. The van der Waals surface area contributed by atoms with Crippen LogP contribution in [0.3, 0.4) is 0 Å². The average molecular weight is 287 g/mol. The molecule has 0 aliphatic carbocycles. The lowest BCUT2D eigenvalue weighted by molar-refractivity contribution is 0.142. The zero-order valence-corrected chi connectivity index (χ0v) is 12.2. The Balaban J connectivity index is 2.20. The second kappa shape index (κ2) is 5.62. The number of hydrogen-bond donors (Lipinski definition) is 1. The molecule has 1 aromatic rings. The minimum absolute atomic E-state index is 0.00708. The van der Waals surface area contributed by atoms with Crippen LogP contribution in [-0.2, 0) is 16.6 Å². The normalized spacial score (nSPS) is 22.8. The van der Waals surface area contributed by atoms with E-state index in [1.807, 2.05) is 7.05 Å². The summed E-state index contributed by atoms with van der Waals surface area (Å²) >= 11 is 0. The molecule has 0 radical (unpaired) electrons. The van der Waals surface area contributed by atoms with Gasteiger partial charge in [-0.2, -0.15) is 4.31 Å². The van der Waals surface area contributed by atoms with Crippen LogP contribution in [0, 0.1) is 0 Å². The zero-order chi connectivity index (χ0) is 14.0. The van der Waals surface area contributed by atoms with E-state index in [2.05, 4.69) is 11.8 Å². The highest BCUT2D eigenvalue weighted by Crippen LogP contribution is 2.22. The molecule has 19 heavy (non-hydrogen) atoms. The summed E-state index contributed by atoms with van der Waals surface area (Å²) in [6, 6.07) is 3.35. The smallest absolute Gasteiger partial charge is 0.276 e. The fraction of sp³-hybridized carbons (Fsp3) is 0.667. The molecule has 2 N–H and O–H groups in total. The van der Waals surface area contributed by atoms with Crippen LogP contribution in [0.5, 0.6) is 0 Å². The molecule has 1 aliphatic heterocycles. The van der Waals surface area contributed by atoms with Gasteiger partial charge in [-0.1, -0.05) is 6.92 Å². The molecule has 0 aromatic carbocycles. The number of nitrogens with two attached hydrogens (primary N) is 1. The lowest BCUT2D eigenvalue weighted by Crippen LogP contribution is -2.52. The molecular weight excluding hydrogens is 266 g/mol. The summed E-state index contributed by atoms with van der Waals surface area (Å²) < 4.78 is 31.7. The topological polar surface area (TPSA) is 79.8 Å². The lowest BCUT2D eigenvalue weighted by atomic mass is 10.1. The van der Waals surface area contributed by atoms with Crippen LogP contribution in [-0.4, -0.2) is 50.3 Å². The van der Waals surface area contributed by atoms with Crippen molar-refractivity contribution in [2.45, 2.75) is 31.0 Å². The van der Waals surface area contributed by atoms with E-state index in [4.69, 9.17) is 10.2 Å². The standard InChI is InChI=1S/C12H21N3O3S/c1-3-10-9-15(7-6-14(10)2)19(16,17)12-5-4-11(8-13)18-12/h4-5,10H,3,6-9,13H2,1-2H3. The number of nitrogens with zero attached hydrogens (tertiary/aromatic N) is 2. The van der Waals surface area contributed by atoms with Gasteiger partial charge in [-0.3, -0.25) is 0 Å². The third-order valence-electron chi connectivity index (χ3n) is 3.64. The van der Waals surface area contributed by atoms with Crippen LogP contribution < -0.4 is 5.73 Å². The van der Waals surface area contributed by atoms with Gasteiger partial charge in [-0.05, 0) is 25.6 Å². The molecule has 0 bridgehead atoms. The molecule has 1 saturated heterocycles. The molecule has 1 atom stereocenters. The Bertz CT molecular complexity index is 526. The van der Waals surface area contributed by atoms with Gasteiger partial charge in [0.25, 0.3) is 10.0 Å². The van der Waals surface area contributed by atoms with E-state index < -0.39 is 10.0 Å². The Kier molecular flexibility index (Phi) is 4.29. The summed E-state index contributed by atoms with van der Waals surface area (Å²) in [5.41, 5.74) is 5.44. The Morgan fingerprint density at radius 3 is 2.74 bits per heavy atom. The van der Waals surface area contributed by atoms with Gasteiger partial charge in [0, 0.05) is 25.7 Å². The van der Waals surface area contributed by atoms with Crippen LogP contribution in [0.2, 0.25) is 0 Å². The summed E-state index contributed by atoms with van der Waals surface area (Å²) in [5.74, 6) is 0.486. The molecule has 0 spiro atoms. The van der Waals surface area contributed by atoms with Crippen LogP contribution in [0.15, 0.2) is 21.6 Å². The molecule has 108 valence electrons. The summed E-state index contributed by atoms with van der Waals surface area (Å²) in [5, 5.41) is -0.00708. The number of sulfonamides is 1. The van der Waals surface area contributed by atoms with E-state index in [1.54, 1.807) is 6.07 Å². The highest BCUT2D eigenvalue weighted by molar-refractivity contribution is 7.89. The average Bonchev–Trinajstić information content (AvgIpc) is 2.88. The first-order valence-corrected chi connectivity index (χ1v) is 7.92. The van der Waals surface area contributed by atoms with Gasteiger partial charge in [-0.15, -0.1) is 0 Å². The molecule has 2 heterocycles. The molecule has 0 saturated carbocycles. The van der Waals surface area contributed by atoms with Crippen molar-refractivity contribution in [1.29, 1.82) is 0 Å². The van der Waals surface area contributed by atoms with Crippen molar-refractivity contribution in [2.24, 2.45) is 5.73 Å². The van der Waals surface area contributed by atoms with Gasteiger partial charge in [0.15, 0.2) is 0 Å². The molecule has 2 rings (SSSR count). The molecule has 1 unspecified atom stereocenters. The van der Waals surface area contributed by atoms with Crippen LogP contribution in [0.1, 0.15) is 19.1 Å². The highest BCUT2D eigenvalue weighted by Gasteiger charge is 2.33. The largest absolute Gasteiger partial charge is 0.447 e. The Morgan fingerprint density at radius 1 is 1.42 bits per heavy atom. The quantitative estimate of drug-likeness (QED) is 0.870. The van der Waals surface area contributed by atoms with Gasteiger partial charge >= 0.3 is 0 Å². The molecule has 6 nitrogen and oxygen atoms in total. The first kappa shape index (κ1) is 14.5. The van der Waals surface area contributed by atoms with Crippen LogP contribution in [0.25, 0.3) is 0 Å². The molecule has 7 heteroatoms. The van der Waals surface area contributed by atoms with Gasteiger partial charge in [0.1, 0.15) is 5.76 Å². The van der Waals surface area contributed by atoms with Crippen molar-refractivity contribution in [1.82, 2.24) is 9.21 Å². The zero-order valence-electron chi connectivity index (χ0n) is 11.4. The maximum absolute atomic E-state index is 12.5. The molecule has 1 aliphatic rings. The molecule has 1 fully saturated rings.